The first kappa shape index (κ1) is 19.9. The number of nitrogens with zero attached hydrogens (tertiary/aromatic N) is 3. The maximum absolute atomic E-state index is 14.9. The average molecular weight is 396 g/mol. The summed E-state index contributed by atoms with van der Waals surface area (Å²) in [5.41, 5.74) is 0.705. The lowest BCUT2D eigenvalue weighted by Crippen LogP contribution is -2.45. The molecule has 1 aliphatic rings. The second-order valence-electron chi connectivity index (χ2n) is 7.37. The first-order chi connectivity index (χ1) is 12.7. The van der Waals surface area contributed by atoms with Gasteiger partial charge in [-0.15, -0.1) is 0 Å². The molecule has 27 heavy (non-hydrogen) atoms. The van der Waals surface area contributed by atoms with Gasteiger partial charge in [-0.25, -0.2) is 9.37 Å². The minimum Gasteiger partial charge on any atom is -0.472 e. The van der Waals surface area contributed by atoms with Crippen LogP contribution in [0.15, 0.2) is 0 Å². The zero-order chi connectivity index (χ0) is 19.9. The van der Waals surface area contributed by atoms with Crippen molar-refractivity contribution in [3.63, 3.8) is 0 Å². The van der Waals surface area contributed by atoms with E-state index in [1.165, 1.54) is 0 Å². The third kappa shape index (κ3) is 3.62. The van der Waals surface area contributed by atoms with E-state index in [4.69, 9.17) is 21.3 Å². The predicted octanol–water partition coefficient (Wildman–Crippen LogP) is 3.75. The van der Waals surface area contributed by atoms with Crippen LogP contribution in [0.25, 0.3) is 10.8 Å². The van der Waals surface area contributed by atoms with Gasteiger partial charge in [0.25, 0.3) is 0 Å². The highest BCUT2D eigenvalue weighted by atomic mass is 35.5. The van der Waals surface area contributed by atoms with E-state index < -0.39 is 5.82 Å². The lowest BCUT2D eigenvalue weighted by molar-refractivity contribution is 0.191. The van der Waals surface area contributed by atoms with Crippen molar-refractivity contribution in [1.82, 2.24) is 15.3 Å². The van der Waals surface area contributed by atoms with Gasteiger partial charge in [0.05, 0.1) is 11.4 Å². The Hall–Kier alpha value is -1.86. The molecule has 2 aromatic heterocycles. The van der Waals surface area contributed by atoms with Crippen LogP contribution in [0.4, 0.5) is 16.0 Å². The van der Waals surface area contributed by atoms with Crippen LogP contribution in [0.5, 0.6) is 5.88 Å². The van der Waals surface area contributed by atoms with Crippen molar-refractivity contribution in [3.05, 3.63) is 16.5 Å². The van der Waals surface area contributed by atoms with Crippen LogP contribution in [0.2, 0.25) is 5.15 Å². The van der Waals surface area contributed by atoms with Crippen LogP contribution in [-0.4, -0.2) is 48.8 Å². The fourth-order valence-corrected chi connectivity index (χ4v) is 3.48. The molecule has 2 aromatic rings. The summed E-state index contributed by atoms with van der Waals surface area (Å²) in [5, 5.41) is 7.68. The summed E-state index contributed by atoms with van der Waals surface area (Å²) in [6, 6.07) is 0.335. The Bertz CT molecular complexity index is 860. The topological polar surface area (TPSA) is 62.3 Å². The maximum Gasteiger partial charge on any atom is 0.227 e. The first-order valence-corrected chi connectivity index (χ1v) is 9.65. The Balaban J connectivity index is 2.16. The molecule has 0 spiro atoms. The highest BCUT2D eigenvalue weighted by molar-refractivity contribution is 6.30. The van der Waals surface area contributed by atoms with Crippen LogP contribution in [0.3, 0.4) is 0 Å². The molecule has 0 saturated carbocycles. The summed E-state index contributed by atoms with van der Waals surface area (Å²) in [4.78, 5) is 10.8. The van der Waals surface area contributed by atoms with Gasteiger partial charge in [0.15, 0.2) is 11.0 Å². The van der Waals surface area contributed by atoms with Crippen LogP contribution < -0.4 is 20.3 Å². The normalized spacial score (nSPS) is 20.0. The lowest BCUT2D eigenvalue weighted by Gasteiger charge is -2.25. The van der Waals surface area contributed by atoms with E-state index in [1.807, 2.05) is 32.8 Å². The molecule has 3 unspecified atom stereocenters. The third-order valence-corrected chi connectivity index (χ3v) is 5.39. The van der Waals surface area contributed by atoms with Crippen molar-refractivity contribution < 1.29 is 9.13 Å². The van der Waals surface area contributed by atoms with Gasteiger partial charge in [-0.2, -0.15) is 4.98 Å². The number of aryl methyl sites for hydroxylation is 1. The number of aromatic nitrogens is 2. The Morgan fingerprint density at radius 2 is 2.04 bits per heavy atom. The molecule has 1 aliphatic heterocycles. The van der Waals surface area contributed by atoms with Crippen LogP contribution in [0.1, 0.15) is 32.8 Å². The quantitative estimate of drug-likeness (QED) is 0.752. The molecule has 2 N–H and O–H groups in total. The van der Waals surface area contributed by atoms with Gasteiger partial charge in [-0.1, -0.05) is 18.5 Å². The molecule has 0 bridgehead atoms. The zero-order valence-corrected chi connectivity index (χ0v) is 17.4. The minimum atomic E-state index is -0.547. The smallest absolute Gasteiger partial charge is 0.227 e. The molecule has 0 aromatic carbocycles. The molecule has 148 valence electrons. The predicted molar refractivity (Wildman–Crippen MR) is 109 cm³/mol. The van der Waals surface area contributed by atoms with Crippen molar-refractivity contribution in [3.8, 4) is 5.88 Å². The number of anilines is 2. The summed E-state index contributed by atoms with van der Waals surface area (Å²) >= 11 is 6.08. The fraction of sp³-hybridized carbons (Fsp3) is 0.579. The molecular weight excluding hydrogens is 369 g/mol. The van der Waals surface area contributed by atoms with Gasteiger partial charge < -0.3 is 20.3 Å². The van der Waals surface area contributed by atoms with E-state index >= 15 is 0 Å². The Morgan fingerprint density at radius 3 is 2.67 bits per heavy atom. The highest BCUT2D eigenvalue weighted by Gasteiger charge is 2.30. The van der Waals surface area contributed by atoms with Gasteiger partial charge >= 0.3 is 0 Å². The van der Waals surface area contributed by atoms with Crippen molar-refractivity contribution >= 4 is 34.0 Å². The van der Waals surface area contributed by atoms with Crippen LogP contribution in [-0.2, 0) is 0 Å². The molecule has 0 fully saturated rings. The lowest BCUT2D eigenvalue weighted by atomic mass is 10.1. The van der Waals surface area contributed by atoms with E-state index in [2.05, 4.69) is 29.5 Å². The first-order valence-electron chi connectivity index (χ1n) is 9.27. The van der Waals surface area contributed by atoms with Gasteiger partial charge in [0.2, 0.25) is 5.88 Å². The number of pyridine rings is 2. The molecular formula is C19H27ClFN5O. The number of nitrogens with one attached hydrogen (secondary N) is 2. The van der Waals surface area contributed by atoms with E-state index in [0.29, 0.717) is 46.4 Å². The van der Waals surface area contributed by atoms with Crippen LogP contribution in [0, 0.1) is 12.7 Å². The summed E-state index contributed by atoms with van der Waals surface area (Å²) in [7, 11) is 3.76. The van der Waals surface area contributed by atoms with Gasteiger partial charge in [0.1, 0.15) is 17.7 Å². The molecule has 0 radical (unpaired) electrons. The summed E-state index contributed by atoms with van der Waals surface area (Å²) < 4.78 is 21.0. The van der Waals surface area contributed by atoms with Crippen molar-refractivity contribution in [1.29, 1.82) is 0 Å². The van der Waals surface area contributed by atoms with Crippen molar-refractivity contribution in [2.24, 2.45) is 0 Å². The molecule has 3 rings (SSSR count). The highest BCUT2D eigenvalue weighted by Crippen LogP contribution is 2.41. The summed E-state index contributed by atoms with van der Waals surface area (Å²) in [6.07, 6.45) is 0.832. The van der Waals surface area contributed by atoms with E-state index in [-0.39, 0.29) is 17.3 Å². The Labute approximate surface area is 164 Å². The summed E-state index contributed by atoms with van der Waals surface area (Å²) in [6.45, 7) is 8.76. The largest absolute Gasteiger partial charge is 0.472 e. The third-order valence-electron chi connectivity index (χ3n) is 5.14. The van der Waals surface area contributed by atoms with Gasteiger partial charge in [-0.05, 0) is 27.2 Å². The fourth-order valence-electron chi connectivity index (χ4n) is 3.31. The van der Waals surface area contributed by atoms with E-state index in [1.54, 1.807) is 0 Å². The minimum absolute atomic E-state index is 0.0524. The standard InChI is InChI=1S/C19H27ClFN5O/c1-7-9(2)22-8-12-11(4)27-19-14-13(15(21)16(20)24-19)10(3)18(26(5)6)25-17(14)23-12/h9,11-12,22H,7-8H2,1-6H3,(H,23,25). The number of hydrogen-bond donors (Lipinski definition) is 2. The van der Waals surface area contributed by atoms with Crippen LogP contribution >= 0.6 is 11.6 Å². The maximum atomic E-state index is 14.9. The molecule has 3 atom stereocenters. The second-order valence-corrected chi connectivity index (χ2v) is 7.72. The Kier molecular flexibility index (Phi) is 5.63. The number of rotatable bonds is 5. The average Bonchev–Trinajstić information content (AvgIpc) is 2.74. The molecule has 0 saturated heterocycles. The zero-order valence-electron chi connectivity index (χ0n) is 16.7. The molecule has 8 heteroatoms. The van der Waals surface area contributed by atoms with E-state index in [0.717, 1.165) is 6.42 Å². The Morgan fingerprint density at radius 1 is 1.33 bits per heavy atom. The summed E-state index contributed by atoms with van der Waals surface area (Å²) in [5.74, 6) is 1.02. The number of ether oxygens (including phenoxy) is 1. The molecule has 0 aliphatic carbocycles. The molecule has 6 nitrogen and oxygen atoms in total. The number of hydrogen-bond acceptors (Lipinski definition) is 6. The van der Waals surface area contributed by atoms with Crippen molar-refractivity contribution in [2.75, 3.05) is 30.9 Å². The monoisotopic (exact) mass is 395 g/mol. The van der Waals surface area contributed by atoms with Crippen molar-refractivity contribution in [2.45, 2.75) is 52.3 Å². The van der Waals surface area contributed by atoms with Gasteiger partial charge in [-0.3, -0.25) is 0 Å². The second kappa shape index (κ2) is 7.64. The SMILES string of the molecule is CCC(C)NCC1Nc2nc(N(C)C)c(C)c3c(F)c(Cl)nc(c23)OC1C. The molecule has 0 amide bonds. The molecule has 3 heterocycles. The number of halogens is 2. The van der Waals surface area contributed by atoms with Gasteiger partial charge in [0, 0.05) is 37.6 Å². The van der Waals surface area contributed by atoms with E-state index in [9.17, 15) is 4.39 Å².